The SMILES string of the molecule is NC(=O)C[C@@H](NC(=O)[C@@H](Cc1c[nH]c2ccccc12)NC=O)C(=O)Oc1c(F)c(F)c(F)c(F)c1F. The molecule has 1 heterocycles. The molecule has 5 N–H and O–H groups in total. The number of fused-ring (bicyclic) bond motifs is 1. The van der Waals surface area contributed by atoms with Gasteiger partial charge in [-0.2, -0.15) is 8.78 Å². The van der Waals surface area contributed by atoms with Crippen LogP contribution in [0.1, 0.15) is 12.0 Å². The van der Waals surface area contributed by atoms with Crippen LogP contribution >= 0.6 is 0 Å². The molecule has 0 spiro atoms. The number of amides is 3. The molecule has 9 nitrogen and oxygen atoms in total. The van der Waals surface area contributed by atoms with Crippen LogP contribution in [0.4, 0.5) is 22.0 Å². The molecule has 0 fully saturated rings. The number of nitrogens with two attached hydrogens (primary N) is 1. The van der Waals surface area contributed by atoms with Gasteiger partial charge in [0.05, 0.1) is 6.42 Å². The number of carbonyl (C=O) groups excluding carboxylic acids is 4. The van der Waals surface area contributed by atoms with Gasteiger partial charge in [-0.25, -0.2) is 18.0 Å². The van der Waals surface area contributed by atoms with Crippen LogP contribution in [0, 0.1) is 29.1 Å². The number of halogens is 5. The molecule has 2 aromatic carbocycles. The summed E-state index contributed by atoms with van der Waals surface area (Å²) in [6.07, 6.45) is 0.733. The number of hydrogen-bond donors (Lipinski definition) is 4. The Morgan fingerprint density at radius 2 is 1.58 bits per heavy atom. The van der Waals surface area contributed by atoms with Gasteiger partial charge in [0.2, 0.25) is 53.1 Å². The second-order valence-corrected chi connectivity index (χ2v) is 7.45. The lowest BCUT2D eigenvalue weighted by molar-refractivity contribution is -0.141. The minimum Gasteiger partial charge on any atom is -0.418 e. The molecule has 0 aliphatic heterocycles. The molecule has 190 valence electrons. The second-order valence-electron chi connectivity index (χ2n) is 7.45. The third kappa shape index (κ3) is 5.42. The summed E-state index contributed by atoms with van der Waals surface area (Å²) in [5, 5.41) is 5.00. The van der Waals surface area contributed by atoms with E-state index < -0.39 is 71.1 Å². The lowest BCUT2D eigenvalue weighted by Gasteiger charge is -2.21. The van der Waals surface area contributed by atoms with E-state index in [1.54, 1.807) is 30.5 Å². The molecule has 36 heavy (non-hydrogen) atoms. The van der Waals surface area contributed by atoms with E-state index >= 15 is 0 Å². The van der Waals surface area contributed by atoms with Crippen molar-refractivity contribution in [1.82, 2.24) is 15.6 Å². The summed E-state index contributed by atoms with van der Waals surface area (Å²) in [6.45, 7) is 0. The van der Waals surface area contributed by atoms with Gasteiger partial charge in [0, 0.05) is 23.5 Å². The number of para-hydroxylation sites is 1. The first kappa shape index (κ1) is 26.1. The van der Waals surface area contributed by atoms with E-state index in [2.05, 4.69) is 15.0 Å². The topological polar surface area (TPSA) is 143 Å². The maximum Gasteiger partial charge on any atom is 0.334 e. The normalized spacial score (nSPS) is 12.6. The van der Waals surface area contributed by atoms with E-state index in [-0.39, 0.29) is 12.8 Å². The van der Waals surface area contributed by atoms with Crippen LogP contribution in [0.5, 0.6) is 5.75 Å². The van der Waals surface area contributed by atoms with Crippen LogP contribution in [0.25, 0.3) is 10.9 Å². The predicted molar refractivity (Wildman–Crippen MR) is 113 cm³/mol. The van der Waals surface area contributed by atoms with Crippen LogP contribution in [0.15, 0.2) is 30.5 Å². The Labute approximate surface area is 198 Å². The Hall–Kier alpha value is -4.49. The number of primary amides is 1. The molecule has 0 aliphatic rings. The fourth-order valence-corrected chi connectivity index (χ4v) is 3.34. The molecule has 0 saturated heterocycles. The zero-order valence-electron chi connectivity index (χ0n) is 18.0. The highest BCUT2D eigenvalue weighted by Crippen LogP contribution is 2.29. The van der Waals surface area contributed by atoms with Crippen molar-refractivity contribution < 1.29 is 45.9 Å². The number of esters is 1. The number of carbonyl (C=O) groups is 4. The maximum absolute atomic E-state index is 13.9. The van der Waals surface area contributed by atoms with Gasteiger partial charge in [0.15, 0.2) is 0 Å². The molecule has 0 radical (unpaired) electrons. The summed E-state index contributed by atoms with van der Waals surface area (Å²) in [5.74, 6) is -18.0. The first-order valence-corrected chi connectivity index (χ1v) is 10.1. The number of nitrogens with one attached hydrogen (secondary N) is 3. The fourth-order valence-electron chi connectivity index (χ4n) is 3.34. The predicted octanol–water partition coefficient (Wildman–Crippen LogP) is 1.49. The second kappa shape index (κ2) is 10.8. The number of benzene rings is 2. The van der Waals surface area contributed by atoms with Gasteiger partial charge >= 0.3 is 5.97 Å². The van der Waals surface area contributed by atoms with Gasteiger partial charge in [-0.05, 0) is 11.6 Å². The first-order chi connectivity index (χ1) is 17.0. The van der Waals surface area contributed by atoms with E-state index in [9.17, 15) is 41.1 Å². The smallest absolute Gasteiger partial charge is 0.334 e. The van der Waals surface area contributed by atoms with Crippen molar-refractivity contribution in [3.63, 3.8) is 0 Å². The minimum atomic E-state index is -2.48. The monoisotopic (exact) mass is 512 g/mol. The van der Waals surface area contributed by atoms with Gasteiger partial charge in [0.1, 0.15) is 12.1 Å². The van der Waals surface area contributed by atoms with Crippen molar-refractivity contribution in [3.8, 4) is 5.75 Å². The highest BCUT2D eigenvalue weighted by molar-refractivity contribution is 5.93. The van der Waals surface area contributed by atoms with E-state index in [1.165, 1.54) is 0 Å². The Morgan fingerprint density at radius 1 is 0.972 bits per heavy atom. The molecule has 0 aliphatic carbocycles. The van der Waals surface area contributed by atoms with Crippen molar-refractivity contribution in [1.29, 1.82) is 0 Å². The first-order valence-electron chi connectivity index (χ1n) is 10.1. The molecule has 0 unspecified atom stereocenters. The van der Waals surface area contributed by atoms with Crippen LogP contribution in [-0.4, -0.2) is 41.3 Å². The van der Waals surface area contributed by atoms with Crippen molar-refractivity contribution in [2.45, 2.75) is 24.9 Å². The quantitative estimate of drug-likeness (QED) is 0.0813. The number of hydrogen-bond acceptors (Lipinski definition) is 5. The average Bonchev–Trinajstić information content (AvgIpc) is 3.26. The number of aromatic amines is 1. The lowest BCUT2D eigenvalue weighted by atomic mass is 10.0. The number of ether oxygens (including phenoxy) is 1. The third-order valence-electron chi connectivity index (χ3n) is 5.06. The summed E-state index contributed by atoms with van der Waals surface area (Å²) in [6, 6.07) is 3.71. The molecule has 3 rings (SSSR count). The number of aromatic nitrogens is 1. The summed E-state index contributed by atoms with van der Waals surface area (Å²) < 4.78 is 72.1. The molecule has 3 aromatic rings. The van der Waals surface area contributed by atoms with Crippen molar-refractivity contribution in [2.24, 2.45) is 5.73 Å². The van der Waals surface area contributed by atoms with Gasteiger partial charge in [0.25, 0.3) is 0 Å². The maximum atomic E-state index is 13.9. The molecule has 1 aromatic heterocycles. The molecular formula is C22H17F5N4O5. The van der Waals surface area contributed by atoms with Crippen molar-refractivity contribution >= 4 is 35.1 Å². The van der Waals surface area contributed by atoms with E-state index in [0.717, 1.165) is 10.9 Å². The van der Waals surface area contributed by atoms with Crippen molar-refractivity contribution in [2.75, 3.05) is 0 Å². The van der Waals surface area contributed by atoms with Gasteiger partial charge in [-0.1, -0.05) is 18.2 Å². The van der Waals surface area contributed by atoms with E-state index in [0.29, 0.717) is 5.56 Å². The Bertz CT molecular complexity index is 1320. The molecule has 0 saturated carbocycles. The standard InChI is InChI=1S/C22H17F5N4O5/c23-15-16(24)18(26)20(19(27)17(15)25)36-22(35)13(6-14(28)33)31-21(34)12(30-8-32)5-9-7-29-11-4-2-1-3-10(9)11/h1-4,7-8,12-13,29H,5-6H2,(H2,28,33)(H,30,32)(H,31,34)/t12-,13-/m1/s1. The van der Waals surface area contributed by atoms with Crippen LogP contribution < -0.4 is 21.1 Å². The molecule has 3 amide bonds. The van der Waals surface area contributed by atoms with E-state index in [4.69, 9.17) is 5.73 Å². The zero-order valence-corrected chi connectivity index (χ0v) is 18.0. The van der Waals surface area contributed by atoms with Crippen molar-refractivity contribution in [3.05, 3.63) is 65.1 Å². The molecule has 2 atom stereocenters. The minimum absolute atomic E-state index is 0.0927. The summed E-state index contributed by atoms with van der Waals surface area (Å²) in [7, 11) is 0. The summed E-state index contributed by atoms with van der Waals surface area (Å²) in [4.78, 5) is 50.7. The highest BCUT2D eigenvalue weighted by Gasteiger charge is 2.33. The summed E-state index contributed by atoms with van der Waals surface area (Å²) >= 11 is 0. The lowest BCUT2D eigenvalue weighted by Crippen LogP contribution is -2.52. The van der Waals surface area contributed by atoms with Gasteiger partial charge < -0.3 is 26.1 Å². The van der Waals surface area contributed by atoms with Crippen LogP contribution in [0.3, 0.4) is 0 Å². The largest absolute Gasteiger partial charge is 0.418 e. The summed E-state index contributed by atoms with van der Waals surface area (Å²) in [5.41, 5.74) is 6.37. The Balaban J connectivity index is 1.83. The zero-order chi connectivity index (χ0) is 26.6. The fraction of sp³-hybridized carbons (Fsp3) is 0.182. The Morgan fingerprint density at radius 3 is 2.19 bits per heavy atom. The van der Waals surface area contributed by atoms with Crippen LogP contribution in [0.2, 0.25) is 0 Å². The van der Waals surface area contributed by atoms with E-state index in [1.807, 2.05) is 5.32 Å². The van der Waals surface area contributed by atoms with Gasteiger partial charge in [-0.15, -0.1) is 0 Å². The highest BCUT2D eigenvalue weighted by atomic mass is 19.2. The number of H-pyrrole nitrogens is 1. The van der Waals surface area contributed by atoms with Gasteiger partial charge in [-0.3, -0.25) is 14.4 Å². The third-order valence-corrected chi connectivity index (χ3v) is 5.06. The molecular weight excluding hydrogens is 495 g/mol. The molecule has 14 heteroatoms. The Kier molecular flexibility index (Phi) is 7.86. The number of rotatable bonds is 10. The van der Waals surface area contributed by atoms with Crippen LogP contribution in [-0.2, 0) is 25.6 Å². The average molecular weight is 512 g/mol. The molecule has 0 bridgehead atoms.